The maximum atomic E-state index is 10.9. The van der Waals surface area contributed by atoms with Crippen LogP contribution in [-0.4, -0.2) is 21.9 Å². The van der Waals surface area contributed by atoms with E-state index in [2.05, 4.69) is 20.0 Å². The average Bonchev–Trinajstić information content (AvgIpc) is 2.57. The van der Waals surface area contributed by atoms with Crippen LogP contribution < -0.4 is 5.73 Å². The van der Waals surface area contributed by atoms with E-state index in [0.29, 0.717) is 0 Å². The monoisotopic (exact) mass is 180 g/mol. The van der Waals surface area contributed by atoms with Crippen LogP contribution in [0.4, 0.5) is 0 Å². The number of carbonyl (C=O) groups is 1. The summed E-state index contributed by atoms with van der Waals surface area (Å²) >= 11 is 0. The Morgan fingerprint density at radius 2 is 2.69 bits per heavy atom. The molecule has 0 saturated heterocycles. The predicted molar refractivity (Wildman–Crippen MR) is 44.4 cm³/mol. The van der Waals surface area contributed by atoms with E-state index in [9.17, 15) is 4.79 Å². The van der Waals surface area contributed by atoms with Gasteiger partial charge in [0.05, 0.1) is 12.4 Å². The lowest BCUT2D eigenvalue weighted by molar-refractivity contribution is -0.119. The average molecular weight is 180 g/mol. The van der Waals surface area contributed by atoms with Gasteiger partial charge >= 0.3 is 0 Å². The Morgan fingerprint density at radius 3 is 3.23 bits per heavy atom. The van der Waals surface area contributed by atoms with Crippen molar-refractivity contribution in [2.45, 2.75) is 12.5 Å². The van der Waals surface area contributed by atoms with Crippen molar-refractivity contribution < 1.29 is 4.79 Å². The maximum Gasteiger partial charge on any atom is 0.235 e. The Bertz CT molecular complexity index is 325. The summed E-state index contributed by atoms with van der Waals surface area (Å²) in [6, 6.07) is -0.809. The lowest BCUT2D eigenvalue weighted by Crippen LogP contribution is -2.31. The molecule has 68 valence electrons. The molecule has 0 bridgehead atoms. The van der Waals surface area contributed by atoms with Crippen LogP contribution in [0.15, 0.2) is 17.6 Å². The van der Waals surface area contributed by atoms with Gasteiger partial charge in [-0.2, -0.15) is 0 Å². The van der Waals surface area contributed by atoms with Crippen LogP contribution in [0.3, 0.4) is 0 Å². The molecule has 0 radical (unpaired) electrons. The second-order valence-corrected chi connectivity index (χ2v) is 2.42. The Kier molecular flexibility index (Phi) is 3.02. The molecule has 0 aromatic carbocycles. The number of carbonyl (C=O) groups excluding carboxylic acids is 1. The van der Waals surface area contributed by atoms with Gasteiger partial charge in [-0.05, 0) is 10.6 Å². The topological polar surface area (TPSA) is 121 Å². The third-order valence-corrected chi connectivity index (χ3v) is 1.46. The zero-order chi connectivity index (χ0) is 9.68. The summed E-state index contributed by atoms with van der Waals surface area (Å²) in [6.07, 6.45) is 3.33. The van der Waals surface area contributed by atoms with Crippen LogP contribution >= 0.6 is 0 Å². The normalized spacial score (nSPS) is 11.8. The highest BCUT2D eigenvalue weighted by Crippen LogP contribution is 1.97. The van der Waals surface area contributed by atoms with Crippen LogP contribution in [0.1, 0.15) is 5.69 Å². The molecule has 7 heteroatoms. The fourth-order valence-electron chi connectivity index (χ4n) is 0.839. The summed E-state index contributed by atoms with van der Waals surface area (Å²) in [4.78, 5) is 19.8. The first-order chi connectivity index (χ1) is 6.24. The smallest absolute Gasteiger partial charge is 0.235 e. The second kappa shape index (κ2) is 4.24. The number of amides is 1. The minimum atomic E-state index is -0.809. The van der Waals surface area contributed by atoms with Crippen LogP contribution in [0.2, 0.25) is 0 Å². The van der Waals surface area contributed by atoms with E-state index in [1.807, 2.05) is 0 Å². The van der Waals surface area contributed by atoms with E-state index < -0.39 is 11.9 Å². The number of nitrogens with zero attached hydrogens (tertiary/aromatic N) is 4. The fourth-order valence-corrected chi connectivity index (χ4v) is 0.839. The zero-order valence-corrected chi connectivity index (χ0v) is 6.71. The first kappa shape index (κ1) is 9.24. The molecule has 1 heterocycles. The van der Waals surface area contributed by atoms with Crippen molar-refractivity contribution in [2.75, 3.05) is 0 Å². The molecule has 0 aliphatic rings. The zero-order valence-electron chi connectivity index (χ0n) is 6.71. The minimum absolute atomic E-state index is 0.290. The van der Waals surface area contributed by atoms with E-state index in [4.69, 9.17) is 11.3 Å². The van der Waals surface area contributed by atoms with Gasteiger partial charge in [-0.15, -0.1) is 0 Å². The number of imidazole rings is 1. The van der Waals surface area contributed by atoms with Gasteiger partial charge in [0, 0.05) is 23.2 Å². The fraction of sp³-hybridized carbons (Fsp3) is 0.333. The van der Waals surface area contributed by atoms with Gasteiger partial charge in [-0.25, -0.2) is 4.98 Å². The molecule has 0 aliphatic carbocycles. The molecule has 0 fully saturated rings. The Morgan fingerprint density at radius 1 is 1.92 bits per heavy atom. The standard InChI is InChI=1S/C6H8N6O/c7-5(6(13)11-12-8)1-4-2-9-3-10-4/h2-3,5H,1,7H2,(H,9,10). The molecule has 0 aliphatic heterocycles. The number of H-pyrrole nitrogens is 1. The lowest BCUT2D eigenvalue weighted by Gasteiger charge is -2.03. The van der Waals surface area contributed by atoms with Crippen LogP contribution in [0.5, 0.6) is 0 Å². The van der Waals surface area contributed by atoms with Gasteiger partial charge in [0.15, 0.2) is 0 Å². The Labute approximate surface area is 73.6 Å². The molecule has 0 spiro atoms. The molecule has 1 rings (SSSR count). The summed E-state index contributed by atoms with van der Waals surface area (Å²) < 4.78 is 0. The van der Waals surface area contributed by atoms with E-state index >= 15 is 0 Å². The number of aromatic nitrogens is 2. The summed E-state index contributed by atoms with van der Waals surface area (Å²) in [5, 5.41) is 2.89. The third kappa shape index (κ3) is 2.58. The summed E-state index contributed by atoms with van der Waals surface area (Å²) in [7, 11) is 0. The molecule has 3 N–H and O–H groups in total. The molecule has 7 nitrogen and oxygen atoms in total. The van der Waals surface area contributed by atoms with Gasteiger partial charge in [0.1, 0.15) is 0 Å². The first-order valence-electron chi connectivity index (χ1n) is 3.56. The largest absolute Gasteiger partial charge is 0.348 e. The van der Waals surface area contributed by atoms with Crippen LogP contribution in [0, 0.1) is 0 Å². The van der Waals surface area contributed by atoms with Gasteiger partial charge in [-0.3, -0.25) is 4.79 Å². The number of azide groups is 1. The van der Waals surface area contributed by atoms with Crippen molar-refractivity contribution in [3.63, 3.8) is 0 Å². The molecular weight excluding hydrogens is 172 g/mol. The third-order valence-electron chi connectivity index (χ3n) is 1.46. The number of rotatable bonds is 3. The van der Waals surface area contributed by atoms with Gasteiger partial charge < -0.3 is 10.7 Å². The predicted octanol–water partition coefficient (Wildman–Crippen LogP) is 0.116. The lowest BCUT2D eigenvalue weighted by atomic mass is 10.2. The quantitative estimate of drug-likeness (QED) is 0.390. The summed E-state index contributed by atoms with van der Waals surface area (Å²) in [5.74, 6) is -0.669. The molecule has 1 unspecified atom stereocenters. The van der Waals surface area contributed by atoms with Gasteiger partial charge in [0.2, 0.25) is 5.91 Å². The van der Waals surface area contributed by atoms with Gasteiger partial charge in [0.25, 0.3) is 0 Å². The van der Waals surface area contributed by atoms with Crippen molar-refractivity contribution in [3.8, 4) is 0 Å². The van der Waals surface area contributed by atoms with Crippen molar-refractivity contribution in [1.29, 1.82) is 0 Å². The number of hydrogen-bond donors (Lipinski definition) is 2. The second-order valence-electron chi connectivity index (χ2n) is 2.42. The van der Waals surface area contributed by atoms with Crippen molar-refractivity contribution in [3.05, 3.63) is 28.7 Å². The molecule has 1 amide bonds. The SMILES string of the molecule is [N-]=[N+]=NC(=O)C(N)Cc1cnc[nH]1. The molecule has 1 aromatic heterocycles. The van der Waals surface area contributed by atoms with Crippen LogP contribution in [0.25, 0.3) is 10.4 Å². The Balaban J connectivity index is 2.55. The maximum absolute atomic E-state index is 10.9. The van der Waals surface area contributed by atoms with Gasteiger partial charge in [-0.1, -0.05) is 0 Å². The number of hydrogen-bond acceptors (Lipinski definition) is 3. The highest BCUT2D eigenvalue weighted by Gasteiger charge is 2.12. The molecule has 1 aromatic rings. The molecular formula is C6H8N6O. The van der Waals surface area contributed by atoms with E-state index in [-0.39, 0.29) is 6.42 Å². The summed E-state index contributed by atoms with van der Waals surface area (Å²) in [5.41, 5.74) is 14.1. The van der Waals surface area contributed by atoms with E-state index in [1.54, 1.807) is 6.20 Å². The van der Waals surface area contributed by atoms with E-state index in [1.165, 1.54) is 6.33 Å². The molecule has 13 heavy (non-hydrogen) atoms. The number of nitrogens with two attached hydrogens (primary N) is 1. The van der Waals surface area contributed by atoms with E-state index in [0.717, 1.165) is 5.69 Å². The van der Waals surface area contributed by atoms with Crippen molar-refractivity contribution in [1.82, 2.24) is 9.97 Å². The number of nitrogens with one attached hydrogen (secondary N) is 1. The van der Waals surface area contributed by atoms with Crippen molar-refractivity contribution >= 4 is 5.91 Å². The minimum Gasteiger partial charge on any atom is -0.348 e. The molecule has 0 saturated carbocycles. The highest BCUT2D eigenvalue weighted by atomic mass is 16.2. The highest BCUT2D eigenvalue weighted by molar-refractivity contribution is 5.82. The first-order valence-corrected chi connectivity index (χ1v) is 3.56. The summed E-state index contributed by atoms with van der Waals surface area (Å²) in [6.45, 7) is 0. The number of aromatic amines is 1. The molecule has 1 atom stereocenters. The Hall–Kier alpha value is -1.85. The van der Waals surface area contributed by atoms with Crippen LogP contribution in [-0.2, 0) is 11.2 Å². The van der Waals surface area contributed by atoms with Crippen molar-refractivity contribution in [2.24, 2.45) is 10.8 Å².